The number of nitriles is 1. The van der Waals surface area contributed by atoms with Gasteiger partial charge in [-0.05, 0) is 0 Å². The smallest absolute Gasteiger partial charge is 0.295 e. The number of aliphatic hydroxyl groups excluding tert-OH is 2. The van der Waals surface area contributed by atoms with Crippen molar-refractivity contribution in [1.82, 2.24) is 19.6 Å². The Balaban J connectivity index is 2.13. The molecule has 116 valence electrons. The van der Waals surface area contributed by atoms with E-state index in [4.69, 9.17) is 15.7 Å². The van der Waals surface area contributed by atoms with Gasteiger partial charge < -0.3 is 20.7 Å². The van der Waals surface area contributed by atoms with Gasteiger partial charge >= 0.3 is 0 Å². The Labute approximate surface area is 121 Å². The molecule has 0 bridgehead atoms. The van der Waals surface area contributed by atoms with Crippen molar-refractivity contribution < 1.29 is 19.3 Å². The molecule has 1 aliphatic heterocycles. The zero-order chi connectivity index (χ0) is 16.1. The van der Waals surface area contributed by atoms with Gasteiger partial charge in [0.25, 0.3) is 5.56 Å². The monoisotopic (exact) mass is 310 g/mol. The summed E-state index contributed by atoms with van der Waals surface area (Å²) in [5.74, 6) is -0.223. The van der Waals surface area contributed by atoms with Crippen molar-refractivity contribution in [3.8, 4) is 6.07 Å². The highest BCUT2D eigenvalue weighted by Gasteiger charge is 2.57. The number of alkyl halides is 1. The van der Waals surface area contributed by atoms with Gasteiger partial charge in [0.15, 0.2) is 6.17 Å². The number of nitrogens with two attached hydrogens (primary N) is 1. The largest absolute Gasteiger partial charge is 0.392 e. The maximum atomic E-state index is 14.3. The van der Waals surface area contributed by atoms with E-state index in [2.05, 4.69) is 15.1 Å². The SMILES string of the molecule is N#CC1(CO)OC(c2cnc3c(=O)[nH]c(N)nn23)C(F)C1O. The molecule has 4 atom stereocenters. The molecule has 0 aliphatic carbocycles. The second-order valence-corrected chi connectivity index (χ2v) is 4.84. The first-order valence-electron chi connectivity index (χ1n) is 6.19. The Bertz CT molecular complexity index is 828. The van der Waals surface area contributed by atoms with Crippen molar-refractivity contribution in [1.29, 1.82) is 5.26 Å². The van der Waals surface area contributed by atoms with E-state index in [0.717, 1.165) is 10.7 Å². The number of ether oxygens (including phenoxy) is 1. The van der Waals surface area contributed by atoms with Crippen LogP contribution in [0, 0.1) is 11.3 Å². The number of aliphatic hydroxyl groups is 2. The van der Waals surface area contributed by atoms with Crippen molar-refractivity contribution in [2.24, 2.45) is 0 Å². The molecule has 0 radical (unpaired) electrons. The second kappa shape index (κ2) is 4.73. The number of anilines is 1. The number of aromatic amines is 1. The van der Waals surface area contributed by atoms with Crippen molar-refractivity contribution in [2.75, 3.05) is 12.3 Å². The van der Waals surface area contributed by atoms with E-state index in [-0.39, 0.29) is 17.3 Å². The van der Waals surface area contributed by atoms with Gasteiger partial charge in [-0.3, -0.25) is 9.78 Å². The standard InChI is InChI=1S/C11H11FN6O4/c12-5-6(22-11(2-13,3-19)7(5)20)4-1-15-8-9(21)16-10(14)17-18(4)8/h1,5-7,19-20H,3H2,(H3,14,16,17,21). The lowest BCUT2D eigenvalue weighted by Gasteiger charge is -2.20. The summed E-state index contributed by atoms with van der Waals surface area (Å²) in [5.41, 5.74) is 2.54. The first kappa shape index (κ1) is 14.4. The van der Waals surface area contributed by atoms with E-state index in [9.17, 15) is 19.4 Å². The molecule has 1 aliphatic rings. The van der Waals surface area contributed by atoms with Crippen molar-refractivity contribution >= 4 is 11.6 Å². The Hall–Kier alpha value is -2.55. The Morgan fingerprint density at radius 2 is 2.41 bits per heavy atom. The minimum atomic E-state index is -2.10. The molecule has 0 aromatic carbocycles. The number of aromatic nitrogens is 4. The molecule has 10 nitrogen and oxygen atoms in total. The molecule has 0 saturated carbocycles. The van der Waals surface area contributed by atoms with Gasteiger partial charge in [-0.1, -0.05) is 0 Å². The fraction of sp³-hybridized carbons (Fsp3) is 0.455. The van der Waals surface area contributed by atoms with Crippen molar-refractivity contribution in [3.05, 3.63) is 22.2 Å². The molecular formula is C11H11FN6O4. The number of imidazole rings is 1. The highest BCUT2D eigenvalue weighted by molar-refractivity contribution is 5.39. The number of halogens is 1. The highest BCUT2D eigenvalue weighted by Crippen LogP contribution is 2.41. The average Bonchev–Trinajstić information content (AvgIpc) is 3.01. The van der Waals surface area contributed by atoms with Crippen molar-refractivity contribution in [3.63, 3.8) is 0 Å². The van der Waals surface area contributed by atoms with E-state index in [1.54, 1.807) is 6.07 Å². The number of H-pyrrole nitrogens is 1. The fourth-order valence-electron chi connectivity index (χ4n) is 2.38. The van der Waals surface area contributed by atoms with E-state index in [1.807, 2.05) is 0 Å². The van der Waals surface area contributed by atoms with Crippen LogP contribution < -0.4 is 11.3 Å². The van der Waals surface area contributed by atoms with E-state index in [0.29, 0.717) is 0 Å². The van der Waals surface area contributed by atoms with Gasteiger partial charge in [0.1, 0.15) is 18.3 Å². The maximum Gasteiger partial charge on any atom is 0.295 e. The molecule has 4 unspecified atom stereocenters. The van der Waals surface area contributed by atoms with Crippen LogP contribution in [-0.2, 0) is 4.74 Å². The van der Waals surface area contributed by atoms with E-state index >= 15 is 0 Å². The summed E-state index contributed by atoms with van der Waals surface area (Å²) in [6.07, 6.45) is -4.19. The summed E-state index contributed by atoms with van der Waals surface area (Å²) < 4.78 is 20.5. The lowest BCUT2D eigenvalue weighted by molar-refractivity contribution is -0.0746. The lowest BCUT2D eigenvalue weighted by atomic mass is 9.97. The molecule has 22 heavy (non-hydrogen) atoms. The fourth-order valence-corrected chi connectivity index (χ4v) is 2.38. The van der Waals surface area contributed by atoms with Crippen molar-refractivity contribution in [2.45, 2.75) is 24.0 Å². The van der Waals surface area contributed by atoms with Gasteiger partial charge in [0.2, 0.25) is 17.2 Å². The third-order valence-electron chi connectivity index (χ3n) is 3.54. The van der Waals surface area contributed by atoms with Crippen LogP contribution in [0.3, 0.4) is 0 Å². The lowest BCUT2D eigenvalue weighted by Crippen LogP contribution is -2.44. The Morgan fingerprint density at radius 1 is 1.68 bits per heavy atom. The van der Waals surface area contributed by atoms with Crippen LogP contribution in [0.25, 0.3) is 5.65 Å². The van der Waals surface area contributed by atoms with Gasteiger partial charge in [-0.2, -0.15) is 5.26 Å². The van der Waals surface area contributed by atoms with Gasteiger partial charge in [-0.25, -0.2) is 13.9 Å². The number of hydrogen-bond acceptors (Lipinski definition) is 8. The molecule has 1 fully saturated rings. The van der Waals surface area contributed by atoms with Crippen LogP contribution in [0.1, 0.15) is 11.8 Å². The molecule has 3 heterocycles. The highest BCUT2D eigenvalue weighted by atomic mass is 19.1. The van der Waals surface area contributed by atoms with Gasteiger partial charge in [-0.15, -0.1) is 5.10 Å². The molecule has 1 saturated heterocycles. The van der Waals surface area contributed by atoms with Crippen LogP contribution in [0.2, 0.25) is 0 Å². The number of fused-ring (bicyclic) bond motifs is 1. The summed E-state index contributed by atoms with van der Waals surface area (Å²) in [5, 5.41) is 31.9. The predicted molar refractivity (Wildman–Crippen MR) is 68.2 cm³/mol. The van der Waals surface area contributed by atoms with Crippen LogP contribution in [0.4, 0.5) is 10.3 Å². The maximum absolute atomic E-state index is 14.3. The van der Waals surface area contributed by atoms with Crippen LogP contribution in [0.5, 0.6) is 0 Å². The zero-order valence-electron chi connectivity index (χ0n) is 11.0. The summed E-state index contributed by atoms with van der Waals surface area (Å²) in [6, 6.07) is 1.57. The second-order valence-electron chi connectivity index (χ2n) is 4.84. The Morgan fingerprint density at radius 3 is 3.00 bits per heavy atom. The molecule has 11 heteroatoms. The normalized spacial score (nSPS) is 31.5. The molecule has 0 spiro atoms. The third kappa shape index (κ3) is 1.78. The number of nitrogen functional groups attached to an aromatic ring is 1. The van der Waals surface area contributed by atoms with Crippen LogP contribution in [0.15, 0.2) is 11.0 Å². The van der Waals surface area contributed by atoms with E-state index in [1.165, 1.54) is 0 Å². The van der Waals surface area contributed by atoms with Crippen LogP contribution in [-0.4, -0.2) is 54.3 Å². The Kier molecular flexibility index (Phi) is 3.10. The molecule has 3 rings (SSSR count). The summed E-state index contributed by atoms with van der Waals surface area (Å²) >= 11 is 0. The van der Waals surface area contributed by atoms with E-state index < -0.39 is 36.1 Å². The van der Waals surface area contributed by atoms with Gasteiger partial charge in [0.05, 0.1) is 18.5 Å². The third-order valence-corrected chi connectivity index (χ3v) is 3.54. The summed E-state index contributed by atoms with van der Waals surface area (Å²) in [6.45, 7) is -0.894. The predicted octanol–water partition coefficient (Wildman–Crippen LogP) is -1.98. The molecule has 2 aromatic rings. The number of nitrogens with zero attached hydrogens (tertiary/aromatic N) is 4. The van der Waals surface area contributed by atoms with Gasteiger partial charge in [0, 0.05) is 0 Å². The average molecular weight is 310 g/mol. The minimum Gasteiger partial charge on any atom is -0.392 e. The number of hydrogen-bond donors (Lipinski definition) is 4. The number of nitrogens with one attached hydrogen (secondary N) is 1. The molecule has 2 aromatic heterocycles. The summed E-state index contributed by atoms with van der Waals surface area (Å²) in [4.78, 5) is 17.7. The molecule has 5 N–H and O–H groups in total. The molecular weight excluding hydrogens is 299 g/mol. The quantitative estimate of drug-likeness (QED) is 0.496. The molecule has 0 amide bonds. The first-order chi connectivity index (χ1) is 10.4. The van der Waals surface area contributed by atoms with Crippen LogP contribution >= 0.6 is 0 Å². The topological polar surface area (TPSA) is 163 Å². The minimum absolute atomic E-state index is 0.00933. The summed E-state index contributed by atoms with van der Waals surface area (Å²) in [7, 11) is 0. The zero-order valence-corrected chi connectivity index (χ0v) is 11.0. The number of rotatable bonds is 2. The first-order valence-corrected chi connectivity index (χ1v) is 6.19.